The molecule has 0 aromatic rings. The minimum Gasteiger partial charge on any atom is -0.462 e. The van der Waals surface area contributed by atoms with Crippen molar-refractivity contribution < 1.29 is 19.1 Å². The molecule has 0 aromatic heterocycles. The molecule has 108 valence electrons. The van der Waals surface area contributed by atoms with E-state index in [9.17, 15) is 9.59 Å². The fraction of sp³-hybridized carbons (Fsp3) is 0.867. The number of hydrogen-bond donors (Lipinski definition) is 0. The molecule has 2 aliphatic rings. The zero-order chi connectivity index (χ0) is 13.5. The van der Waals surface area contributed by atoms with Gasteiger partial charge in [-0.1, -0.05) is 6.42 Å². The number of ether oxygens (including phenoxy) is 2. The molecule has 2 rings (SSSR count). The van der Waals surface area contributed by atoms with Crippen LogP contribution in [-0.2, 0) is 19.1 Å². The van der Waals surface area contributed by atoms with Crippen molar-refractivity contribution in [3.05, 3.63) is 0 Å². The summed E-state index contributed by atoms with van der Waals surface area (Å²) in [7, 11) is 0. The van der Waals surface area contributed by atoms with E-state index in [1.807, 2.05) is 0 Å². The molecule has 0 radical (unpaired) electrons. The molecule has 0 heterocycles. The second-order valence-electron chi connectivity index (χ2n) is 5.65. The Bertz CT molecular complexity index is 275. The molecule has 4 heteroatoms. The predicted octanol–water partition coefficient (Wildman–Crippen LogP) is 3.13. The highest BCUT2D eigenvalue weighted by Crippen LogP contribution is 2.23. The van der Waals surface area contributed by atoms with Crippen LogP contribution < -0.4 is 0 Å². The third-order valence-corrected chi connectivity index (χ3v) is 3.96. The maximum atomic E-state index is 11.4. The summed E-state index contributed by atoms with van der Waals surface area (Å²) in [5.74, 6) is -0.163. The zero-order valence-electron chi connectivity index (χ0n) is 11.6. The van der Waals surface area contributed by atoms with Crippen molar-refractivity contribution in [2.24, 2.45) is 0 Å². The summed E-state index contributed by atoms with van der Waals surface area (Å²) in [4.78, 5) is 22.8. The van der Waals surface area contributed by atoms with Gasteiger partial charge in [-0.25, -0.2) is 0 Å². The van der Waals surface area contributed by atoms with Crippen molar-refractivity contribution in [1.29, 1.82) is 0 Å². The Kier molecular flexibility index (Phi) is 5.67. The first-order valence-corrected chi connectivity index (χ1v) is 7.63. The summed E-state index contributed by atoms with van der Waals surface area (Å²) < 4.78 is 10.5. The van der Waals surface area contributed by atoms with Crippen molar-refractivity contribution in [3.63, 3.8) is 0 Å². The Morgan fingerprint density at radius 1 is 0.737 bits per heavy atom. The minimum atomic E-state index is -0.0817. The zero-order valence-corrected chi connectivity index (χ0v) is 11.6. The molecule has 4 nitrogen and oxygen atoms in total. The van der Waals surface area contributed by atoms with Gasteiger partial charge in [0.1, 0.15) is 12.2 Å². The fourth-order valence-corrected chi connectivity index (χ4v) is 2.18. The quantitative estimate of drug-likeness (QED) is 0.501. The van der Waals surface area contributed by atoms with E-state index >= 15 is 0 Å². The average molecular weight is 268 g/mol. The normalized spacial score (nSPS) is 19.4. The van der Waals surface area contributed by atoms with Gasteiger partial charge < -0.3 is 9.47 Å². The van der Waals surface area contributed by atoms with Gasteiger partial charge in [0.25, 0.3) is 0 Å². The van der Waals surface area contributed by atoms with Crippen LogP contribution in [0.5, 0.6) is 0 Å². The SMILES string of the molecule is O=C(CCCCCC(=O)OC1CCC1)OC1CCC1. The third-order valence-electron chi connectivity index (χ3n) is 3.96. The van der Waals surface area contributed by atoms with Crippen LogP contribution >= 0.6 is 0 Å². The lowest BCUT2D eigenvalue weighted by molar-refractivity contribution is -0.153. The largest absolute Gasteiger partial charge is 0.462 e. The summed E-state index contributed by atoms with van der Waals surface area (Å²) in [6.07, 6.45) is 10.3. The Hall–Kier alpha value is -1.06. The van der Waals surface area contributed by atoms with Crippen LogP contribution in [0.4, 0.5) is 0 Å². The maximum absolute atomic E-state index is 11.4. The molecule has 0 saturated heterocycles. The summed E-state index contributed by atoms with van der Waals surface area (Å²) in [5.41, 5.74) is 0. The van der Waals surface area contributed by atoms with Crippen LogP contribution in [-0.4, -0.2) is 24.1 Å². The first-order valence-electron chi connectivity index (χ1n) is 7.63. The van der Waals surface area contributed by atoms with E-state index in [1.54, 1.807) is 0 Å². The lowest BCUT2D eigenvalue weighted by Gasteiger charge is -2.25. The van der Waals surface area contributed by atoms with Crippen LogP contribution in [0.15, 0.2) is 0 Å². The minimum absolute atomic E-state index is 0.0817. The van der Waals surface area contributed by atoms with Gasteiger partial charge in [-0.05, 0) is 51.4 Å². The predicted molar refractivity (Wildman–Crippen MR) is 70.5 cm³/mol. The number of hydrogen-bond acceptors (Lipinski definition) is 4. The molecule has 19 heavy (non-hydrogen) atoms. The van der Waals surface area contributed by atoms with Crippen molar-refractivity contribution in [2.75, 3.05) is 0 Å². The van der Waals surface area contributed by atoms with E-state index < -0.39 is 0 Å². The molecule has 0 aromatic carbocycles. The molecule has 2 fully saturated rings. The number of carbonyl (C=O) groups excluding carboxylic acids is 2. The lowest BCUT2D eigenvalue weighted by atomic mass is 9.96. The van der Waals surface area contributed by atoms with Gasteiger partial charge in [0, 0.05) is 12.8 Å². The Labute approximate surface area is 114 Å². The van der Waals surface area contributed by atoms with E-state index in [2.05, 4.69) is 0 Å². The summed E-state index contributed by atoms with van der Waals surface area (Å²) >= 11 is 0. The van der Waals surface area contributed by atoms with Gasteiger partial charge in [-0.2, -0.15) is 0 Å². The third kappa shape index (κ3) is 5.21. The lowest BCUT2D eigenvalue weighted by Crippen LogP contribution is -2.25. The summed E-state index contributed by atoms with van der Waals surface area (Å²) in [6.45, 7) is 0. The van der Waals surface area contributed by atoms with Crippen molar-refractivity contribution in [3.8, 4) is 0 Å². The Morgan fingerprint density at radius 2 is 1.16 bits per heavy atom. The topological polar surface area (TPSA) is 52.6 Å². The molecule has 2 aliphatic carbocycles. The highest BCUT2D eigenvalue weighted by atomic mass is 16.5. The number of rotatable bonds is 8. The maximum Gasteiger partial charge on any atom is 0.306 e. The van der Waals surface area contributed by atoms with Gasteiger partial charge in [-0.3, -0.25) is 9.59 Å². The molecular weight excluding hydrogens is 244 g/mol. The average Bonchev–Trinajstić information content (AvgIpc) is 2.28. The molecule has 0 atom stereocenters. The number of unbranched alkanes of at least 4 members (excludes halogenated alkanes) is 2. The van der Waals surface area contributed by atoms with Crippen molar-refractivity contribution in [1.82, 2.24) is 0 Å². The van der Waals surface area contributed by atoms with E-state index in [0.29, 0.717) is 12.8 Å². The summed E-state index contributed by atoms with van der Waals surface area (Å²) in [5, 5.41) is 0. The Morgan fingerprint density at radius 3 is 1.47 bits per heavy atom. The molecule has 0 aliphatic heterocycles. The van der Waals surface area contributed by atoms with Gasteiger partial charge in [0.05, 0.1) is 0 Å². The Balaban J connectivity index is 1.40. The van der Waals surface area contributed by atoms with Gasteiger partial charge in [0.15, 0.2) is 0 Å². The van der Waals surface area contributed by atoms with E-state index in [1.165, 1.54) is 12.8 Å². The molecule has 0 N–H and O–H groups in total. The first kappa shape index (κ1) is 14.4. The van der Waals surface area contributed by atoms with Gasteiger partial charge >= 0.3 is 11.9 Å². The van der Waals surface area contributed by atoms with Crippen LogP contribution in [0.3, 0.4) is 0 Å². The number of esters is 2. The molecule has 0 amide bonds. The smallest absolute Gasteiger partial charge is 0.306 e. The standard InChI is InChI=1S/C15H24O4/c16-14(18-12-6-4-7-12)10-2-1-3-11-15(17)19-13-8-5-9-13/h12-13H,1-11H2. The van der Waals surface area contributed by atoms with Crippen molar-refractivity contribution in [2.45, 2.75) is 82.8 Å². The number of carbonyl (C=O) groups is 2. The fourth-order valence-electron chi connectivity index (χ4n) is 2.18. The highest BCUT2D eigenvalue weighted by Gasteiger charge is 2.22. The van der Waals surface area contributed by atoms with Gasteiger partial charge in [0.2, 0.25) is 0 Å². The monoisotopic (exact) mass is 268 g/mol. The summed E-state index contributed by atoms with van der Waals surface area (Å²) in [6, 6.07) is 0. The molecule has 0 bridgehead atoms. The van der Waals surface area contributed by atoms with E-state index in [4.69, 9.17) is 9.47 Å². The molecular formula is C15H24O4. The molecule has 2 saturated carbocycles. The van der Waals surface area contributed by atoms with Crippen LogP contribution in [0.1, 0.15) is 70.6 Å². The highest BCUT2D eigenvalue weighted by molar-refractivity contribution is 5.70. The first-order chi connectivity index (χ1) is 9.24. The second kappa shape index (κ2) is 7.51. The van der Waals surface area contributed by atoms with Gasteiger partial charge in [-0.15, -0.1) is 0 Å². The van der Waals surface area contributed by atoms with Crippen LogP contribution in [0.2, 0.25) is 0 Å². The molecule has 0 unspecified atom stereocenters. The van der Waals surface area contributed by atoms with E-state index in [0.717, 1.165) is 44.9 Å². The van der Waals surface area contributed by atoms with Crippen LogP contribution in [0, 0.1) is 0 Å². The van der Waals surface area contributed by atoms with Crippen LogP contribution in [0.25, 0.3) is 0 Å². The van der Waals surface area contributed by atoms with E-state index in [-0.39, 0.29) is 24.1 Å². The second-order valence-corrected chi connectivity index (χ2v) is 5.65. The van der Waals surface area contributed by atoms with Crippen molar-refractivity contribution >= 4 is 11.9 Å². The molecule has 0 spiro atoms.